The Bertz CT molecular complexity index is 1860. The molecule has 14 heteroatoms. The predicted octanol–water partition coefficient (Wildman–Crippen LogP) is 4.49. The molecule has 0 radical (unpaired) electrons. The van der Waals surface area contributed by atoms with Crippen LogP contribution in [0.3, 0.4) is 0 Å². The molecule has 1 aliphatic rings. The Labute approximate surface area is 303 Å². The van der Waals surface area contributed by atoms with Crippen molar-refractivity contribution < 1.29 is 29.2 Å². The van der Waals surface area contributed by atoms with Gasteiger partial charge in [-0.25, -0.2) is 4.79 Å². The summed E-state index contributed by atoms with van der Waals surface area (Å²) in [6.45, 7) is 0.129. The highest BCUT2D eigenvalue weighted by molar-refractivity contribution is 6.76. The number of carbonyl (C=O) groups excluding carboxylic acids is 1. The highest BCUT2D eigenvalue weighted by Gasteiger charge is 2.52. The highest BCUT2D eigenvalue weighted by atomic mass is 35.6. The fourth-order valence-electron chi connectivity index (χ4n) is 6.21. The monoisotopic (exact) mass is 743 g/mol. The van der Waals surface area contributed by atoms with Crippen LogP contribution < -0.4 is 26.0 Å². The number of rotatable bonds is 12. The first kappa shape index (κ1) is 37.2. The van der Waals surface area contributed by atoms with Crippen LogP contribution in [-0.2, 0) is 14.9 Å². The van der Waals surface area contributed by atoms with E-state index in [2.05, 4.69) is 10.3 Å². The molecule has 2 heterocycles. The molecule has 50 heavy (non-hydrogen) atoms. The van der Waals surface area contributed by atoms with Crippen LogP contribution in [-0.4, -0.2) is 68.5 Å². The summed E-state index contributed by atoms with van der Waals surface area (Å²) in [7, 11) is 3.13. The lowest BCUT2D eigenvalue weighted by Crippen LogP contribution is -2.51. The topological polar surface area (TPSA) is 152 Å². The molecule has 4 N–H and O–H groups in total. The van der Waals surface area contributed by atoms with E-state index in [0.717, 1.165) is 5.56 Å². The Morgan fingerprint density at radius 2 is 1.54 bits per heavy atom. The molecule has 1 amide bonds. The molecule has 264 valence electrons. The molecule has 3 aromatic carbocycles. The van der Waals surface area contributed by atoms with Gasteiger partial charge in [0.1, 0.15) is 29.9 Å². The zero-order chi connectivity index (χ0) is 36.1. The summed E-state index contributed by atoms with van der Waals surface area (Å²) >= 11 is 16.7. The van der Waals surface area contributed by atoms with Crippen LogP contribution in [0.15, 0.2) is 101 Å². The highest BCUT2D eigenvalue weighted by Crippen LogP contribution is 2.47. The molecule has 1 aliphatic heterocycles. The van der Waals surface area contributed by atoms with Crippen LogP contribution in [0.5, 0.6) is 11.5 Å². The van der Waals surface area contributed by atoms with E-state index in [9.17, 15) is 24.6 Å². The van der Waals surface area contributed by atoms with E-state index in [0.29, 0.717) is 22.6 Å². The van der Waals surface area contributed by atoms with Crippen molar-refractivity contribution in [2.24, 2.45) is 0 Å². The van der Waals surface area contributed by atoms with Gasteiger partial charge in [-0.05, 0) is 47.4 Å². The lowest BCUT2D eigenvalue weighted by atomic mass is 9.64. The van der Waals surface area contributed by atoms with Gasteiger partial charge in [-0.1, -0.05) is 102 Å². The van der Waals surface area contributed by atoms with Crippen LogP contribution in [0.25, 0.3) is 6.08 Å². The van der Waals surface area contributed by atoms with Crippen LogP contribution in [0.2, 0.25) is 0 Å². The van der Waals surface area contributed by atoms with Gasteiger partial charge in [-0.3, -0.25) is 19.1 Å². The van der Waals surface area contributed by atoms with Gasteiger partial charge in [0.05, 0.1) is 31.3 Å². The van der Waals surface area contributed by atoms with Gasteiger partial charge in [0, 0.05) is 19.2 Å². The molecule has 4 aromatic rings. The normalized spacial score (nSPS) is 18.6. The Balaban J connectivity index is 1.50. The number of aliphatic hydroxyl groups is 2. The van der Waals surface area contributed by atoms with Gasteiger partial charge < -0.3 is 29.7 Å². The molecule has 1 fully saturated rings. The molecule has 4 atom stereocenters. The Morgan fingerprint density at radius 1 is 0.980 bits per heavy atom. The number of hydrogen-bond acceptors (Lipinski definition) is 8. The number of methoxy groups -OCH3 is 2. The number of aromatic nitrogens is 2. The smallest absolute Gasteiger partial charge is 0.330 e. The quantitative estimate of drug-likeness (QED) is 0.0942. The number of carbonyl (C=O) groups is 1. The molecule has 5 rings (SSSR count). The number of nitrogens with one attached hydrogen (secondary N) is 2. The van der Waals surface area contributed by atoms with Gasteiger partial charge >= 0.3 is 5.69 Å². The van der Waals surface area contributed by atoms with E-state index < -0.39 is 50.9 Å². The van der Waals surface area contributed by atoms with Crippen molar-refractivity contribution in [1.82, 2.24) is 14.9 Å². The number of aromatic amines is 1. The van der Waals surface area contributed by atoms with Crippen molar-refractivity contribution in [1.29, 1.82) is 0 Å². The number of amides is 1. The lowest BCUT2D eigenvalue weighted by Gasteiger charge is -2.43. The first-order valence-electron chi connectivity index (χ1n) is 15.6. The van der Waals surface area contributed by atoms with Crippen LogP contribution in [0.1, 0.15) is 41.3 Å². The molecule has 0 bridgehead atoms. The molecule has 1 unspecified atom stereocenters. The Hall–Kier alpha value is -4.10. The average molecular weight is 745 g/mol. The van der Waals surface area contributed by atoms with Crippen LogP contribution in [0.4, 0.5) is 0 Å². The number of halogens is 3. The number of hydrogen-bond donors (Lipinski definition) is 4. The van der Waals surface area contributed by atoms with Crippen molar-refractivity contribution in [3.8, 4) is 11.5 Å². The molecule has 11 nitrogen and oxygen atoms in total. The van der Waals surface area contributed by atoms with Crippen molar-refractivity contribution in [2.45, 2.75) is 46.6 Å². The number of benzene rings is 3. The minimum Gasteiger partial charge on any atom is -0.497 e. The maximum Gasteiger partial charge on any atom is 0.330 e. The minimum atomic E-state index is -2.10. The molecular weight excluding hydrogens is 709 g/mol. The first-order valence-corrected chi connectivity index (χ1v) is 16.8. The second-order valence-electron chi connectivity index (χ2n) is 11.6. The zero-order valence-corrected chi connectivity index (χ0v) is 29.4. The Morgan fingerprint density at radius 3 is 2.08 bits per heavy atom. The lowest BCUT2D eigenvalue weighted by molar-refractivity contribution is -0.120. The van der Waals surface area contributed by atoms with Crippen LogP contribution in [0, 0.1) is 0 Å². The molecule has 1 saturated heterocycles. The summed E-state index contributed by atoms with van der Waals surface area (Å²) in [5, 5.41) is 26.5. The van der Waals surface area contributed by atoms with Crippen molar-refractivity contribution >= 4 is 46.8 Å². The van der Waals surface area contributed by atoms with Gasteiger partial charge in [0.2, 0.25) is 0 Å². The summed E-state index contributed by atoms with van der Waals surface area (Å²) in [5.74, 6) is 0.449. The SMILES string of the molecule is COc1ccc(C(c2ccccc2)(c2ccc(OC)cc2)C(O)[C@H]2O[C@@H](n3cc(C=CCCNC(=O)C(Cl)(Cl)Cl)c(=O)[nH]c3=O)C[C@@H]2O)cc1. The van der Waals surface area contributed by atoms with Gasteiger partial charge in [-0.2, -0.15) is 0 Å². The van der Waals surface area contributed by atoms with Gasteiger partial charge in [0.25, 0.3) is 15.3 Å². The Kier molecular flexibility index (Phi) is 11.8. The third-order valence-corrected chi connectivity index (χ3v) is 9.18. The fourth-order valence-corrected chi connectivity index (χ4v) is 6.41. The maximum atomic E-state index is 13.0. The maximum absolute atomic E-state index is 13.0. The molecule has 1 aromatic heterocycles. The third kappa shape index (κ3) is 7.78. The van der Waals surface area contributed by atoms with Crippen LogP contribution >= 0.6 is 34.8 Å². The van der Waals surface area contributed by atoms with E-state index in [1.807, 2.05) is 54.6 Å². The van der Waals surface area contributed by atoms with Crippen molar-refractivity contribution in [3.63, 3.8) is 0 Å². The van der Waals surface area contributed by atoms with Crippen molar-refractivity contribution in [3.05, 3.63) is 134 Å². The van der Waals surface area contributed by atoms with E-state index >= 15 is 0 Å². The summed E-state index contributed by atoms with van der Waals surface area (Å²) in [6.07, 6.45) is -0.211. The fraction of sp³-hybridized carbons (Fsp3) is 0.306. The largest absolute Gasteiger partial charge is 0.497 e. The third-order valence-electron chi connectivity index (χ3n) is 8.67. The second kappa shape index (κ2) is 15.8. The molecule has 0 aliphatic carbocycles. The van der Waals surface area contributed by atoms with E-state index in [1.54, 1.807) is 44.6 Å². The number of ether oxygens (including phenoxy) is 3. The minimum absolute atomic E-state index is 0.0595. The van der Waals surface area contributed by atoms with E-state index in [-0.39, 0.29) is 24.9 Å². The first-order chi connectivity index (χ1) is 23.9. The number of aliphatic hydroxyl groups excluding tert-OH is 2. The number of alkyl halides is 3. The molecular formula is C36H36Cl3N3O8. The van der Waals surface area contributed by atoms with Gasteiger partial charge in [-0.15, -0.1) is 0 Å². The summed E-state index contributed by atoms with van der Waals surface area (Å²) < 4.78 is 16.2. The number of nitrogens with zero attached hydrogens (tertiary/aromatic N) is 1. The summed E-state index contributed by atoms with van der Waals surface area (Å²) in [4.78, 5) is 39.7. The second-order valence-corrected chi connectivity index (χ2v) is 13.9. The predicted molar refractivity (Wildman–Crippen MR) is 191 cm³/mol. The van der Waals surface area contributed by atoms with Gasteiger partial charge in [0.15, 0.2) is 0 Å². The molecule has 0 spiro atoms. The van der Waals surface area contributed by atoms with E-state index in [1.165, 1.54) is 16.8 Å². The number of H-pyrrole nitrogens is 1. The zero-order valence-electron chi connectivity index (χ0n) is 27.1. The van der Waals surface area contributed by atoms with Crippen molar-refractivity contribution in [2.75, 3.05) is 20.8 Å². The molecule has 0 saturated carbocycles. The summed E-state index contributed by atoms with van der Waals surface area (Å²) in [5.41, 5.74) is -0.454. The average Bonchev–Trinajstić information content (AvgIpc) is 3.50. The summed E-state index contributed by atoms with van der Waals surface area (Å²) in [6, 6.07) is 24.0. The standard InChI is InChI=1S/C36H36Cl3N3O8/c1-48-26-15-11-24(12-16-26)35(23-9-4-3-5-10-23,25-13-17-27(49-2)18-14-25)31(44)30-28(43)20-29(50-30)42-21-22(32(45)41-34(42)47)8-6-7-19-40-33(46)36(37,38)39/h3-6,8-18,21,28-31,43-44H,7,19-20H2,1-2H3,(H,40,46)(H,41,45,47)/t28-,29+,30-,31?/m0/s1. The van der Waals surface area contributed by atoms with E-state index in [4.69, 9.17) is 49.0 Å².